The number of nitrogens with zero attached hydrogens (tertiary/aromatic N) is 1. The molecule has 3 heteroatoms. The third-order valence-electron chi connectivity index (χ3n) is 2.16. The zero-order chi connectivity index (χ0) is 10.7. The zero-order valence-electron chi connectivity index (χ0n) is 8.95. The summed E-state index contributed by atoms with van der Waals surface area (Å²) in [5.74, 6) is 0.856. The molecule has 3 nitrogen and oxygen atoms in total. The third kappa shape index (κ3) is 2.59. The third-order valence-corrected chi connectivity index (χ3v) is 2.16. The van der Waals surface area contributed by atoms with Crippen LogP contribution in [0.4, 0.5) is 5.69 Å². The van der Waals surface area contributed by atoms with Crippen LogP contribution >= 0.6 is 0 Å². The van der Waals surface area contributed by atoms with Crippen molar-refractivity contribution in [3.8, 4) is 0 Å². The number of aromatic nitrogens is 1. The van der Waals surface area contributed by atoms with Crippen LogP contribution in [0.2, 0.25) is 0 Å². The fourth-order valence-corrected chi connectivity index (χ4v) is 1.44. The Morgan fingerprint density at radius 3 is 2.80 bits per heavy atom. The molecule has 0 aliphatic carbocycles. The normalized spacial score (nSPS) is 10.3. The minimum absolute atomic E-state index is 0.671. The summed E-state index contributed by atoms with van der Waals surface area (Å²) in [6.45, 7) is 4.66. The quantitative estimate of drug-likeness (QED) is 0.831. The second-order valence-corrected chi connectivity index (χ2v) is 3.66. The number of rotatable bonds is 3. The molecule has 0 unspecified atom stereocenters. The number of anilines is 1. The Bertz CT molecular complexity index is 448. The predicted molar refractivity (Wildman–Crippen MR) is 59.7 cm³/mol. The van der Waals surface area contributed by atoms with Gasteiger partial charge in [0.05, 0.1) is 12.2 Å². The van der Waals surface area contributed by atoms with Crippen LogP contribution < -0.4 is 5.32 Å². The predicted octanol–water partition coefficient (Wildman–Crippen LogP) is 2.90. The first-order chi connectivity index (χ1) is 7.24. The molecule has 78 valence electrons. The first-order valence-electron chi connectivity index (χ1n) is 4.97. The van der Waals surface area contributed by atoms with Crippen molar-refractivity contribution in [2.75, 3.05) is 5.32 Å². The molecular formula is C12H14N2O. The molecule has 1 aromatic carbocycles. The largest absolute Gasteiger partial charge is 0.378 e. The van der Waals surface area contributed by atoms with Gasteiger partial charge in [0.1, 0.15) is 0 Å². The molecule has 2 aromatic rings. The molecule has 0 saturated carbocycles. The lowest BCUT2D eigenvalue weighted by Crippen LogP contribution is -1.97. The van der Waals surface area contributed by atoms with Gasteiger partial charge >= 0.3 is 0 Å². The van der Waals surface area contributed by atoms with Crippen molar-refractivity contribution in [3.05, 3.63) is 47.3 Å². The van der Waals surface area contributed by atoms with Crippen LogP contribution in [0.15, 0.2) is 34.9 Å². The minimum Gasteiger partial charge on any atom is -0.378 e. The summed E-state index contributed by atoms with van der Waals surface area (Å²) in [5.41, 5.74) is 3.26. The summed E-state index contributed by atoms with van der Waals surface area (Å²) in [5, 5.41) is 7.11. The van der Waals surface area contributed by atoms with E-state index in [2.05, 4.69) is 29.5 Å². The van der Waals surface area contributed by atoms with Crippen LogP contribution in [0.3, 0.4) is 0 Å². The van der Waals surface area contributed by atoms with E-state index in [0.717, 1.165) is 17.1 Å². The second kappa shape index (κ2) is 4.17. The Kier molecular flexibility index (Phi) is 2.72. The van der Waals surface area contributed by atoms with Crippen molar-refractivity contribution in [1.82, 2.24) is 5.16 Å². The fourth-order valence-electron chi connectivity index (χ4n) is 1.44. The van der Waals surface area contributed by atoms with E-state index in [1.54, 1.807) is 0 Å². The van der Waals surface area contributed by atoms with Gasteiger partial charge in [0.15, 0.2) is 5.76 Å². The lowest BCUT2D eigenvalue weighted by atomic mass is 10.2. The zero-order valence-corrected chi connectivity index (χ0v) is 8.95. The van der Waals surface area contributed by atoms with Crippen molar-refractivity contribution < 1.29 is 4.52 Å². The van der Waals surface area contributed by atoms with E-state index in [-0.39, 0.29) is 0 Å². The van der Waals surface area contributed by atoms with Crippen molar-refractivity contribution in [3.63, 3.8) is 0 Å². The molecule has 0 fully saturated rings. The van der Waals surface area contributed by atoms with Gasteiger partial charge in [0.25, 0.3) is 0 Å². The van der Waals surface area contributed by atoms with Gasteiger partial charge in [-0.25, -0.2) is 0 Å². The van der Waals surface area contributed by atoms with Crippen molar-refractivity contribution >= 4 is 5.69 Å². The molecule has 0 aliphatic heterocycles. The van der Waals surface area contributed by atoms with E-state index in [0.29, 0.717) is 6.54 Å². The Labute approximate surface area is 89.1 Å². The van der Waals surface area contributed by atoms with Gasteiger partial charge in [-0.15, -0.1) is 0 Å². The highest BCUT2D eigenvalue weighted by molar-refractivity contribution is 5.45. The molecule has 0 atom stereocenters. The highest BCUT2D eigenvalue weighted by Gasteiger charge is 1.99. The molecule has 1 heterocycles. The Morgan fingerprint density at radius 1 is 1.27 bits per heavy atom. The summed E-state index contributed by atoms with van der Waals surface area (Å²) in [7, 11) is 0. The Balaban J connectivity index is 1.99. The molecule has 0 spiro atoms. The maximum Gasteiger partial charge on any atom is 0.156 e. The molecule has 1 aromatic heterocycles. The van der Waals surface area contributed by atoms with E-state index in [4.69, 9.17) is 4.52 Å². The molecule has 0 amide bonds. The topological polar surface area (TPSA) is 38.1 Å². The van der Waals surface area contributed by atoms with Gasteiger partial charge in [-0.3, -0.25) is 0 Å². The smallest absolute Gasteiger partial charge is 0.156 e. The highest BCUT2D eigenvalue weighted by Crippen LogP contribution is 2.11. The van der Waals surface area contributed by atoms with Crippen molar-refractivity contribution in [1.29, 1.82) is 0 Å². The van der Waals surface area contributed by atoms with Crippen LogP contribution in [-0.2, 0) is 6.54 Å². The lowest BCUT2D eigenvalue weighted by molar-refractivity contribution is 0.384. The van der Waals surface area contributed by atoms with E-state index >= 15 is 0 Å². The summed E-state index contributed by atoms with van der Waals surface area (Å²) in [4.78, 5) is 0. The maximum atomic E-state index is 5.10. The van der Waals surface area contributed by atoms with Crippen molar-refractivity contribution in [2.24, 2.45) is 0 Å². The fraction of sp³-hybridized carbons (Fsp3) is 0.250. The summed E-state index contributed by atoms with van der Waals surface area (Å²) in [6, 6.07) is 10.2. The van der Waals surface area contributed by atoms with Gasteiger partial charge in [0, 0.05) is 11.8 Å². The van der Waals surface area contributed by atoms with Crippen LogP contribution in [0.5, 0.6) is 0 Å². The Hall–Kier alpha value is -1.77. The van der Waals surface area contributed by atoms with Gasteiger partial charge in [-0.2, -0.15) is 0 Å². The van der Waals surface area contributed by atoms with Gasteiger partial charge in [-0.1, -0.05) is 17.3 Å². The van der Waals surface area contributed by atoms with E-state index in [9.17, 15) is 0 Å². The average Bonchev–Trinajstić information content (AvgIpc) is 2.62. The maximum absolute atomic E-state index is 5.10. The molecular weight excluding hydrogens is 188 g/mol. The number of hydrogen-bond donors (Lipinski definition) is 1. The summed E-state index contributed by atoms with van der Waals surface area (Å²) < 4.78 is 5.10. The first kappa shape index (κ1) is 9.77. The monoisotopic (exact) mass is 202 g/mol. The summed E-state index contributed by atoms with van der Waals surface area (Å²) in [6.07, 6.45) is 0. The van der Waals surface area contributed by atoms with Crippen LogP contribution in [-0.4, -0.2) is 5.16 Å². The van der Waals surface area contributed by atoms with E-state index in [1.807, 2.05) is 25.1 Å². The molecule has 15 heavy (non-hydrogen) atoms. The molecule has 0 radical (unpaired) electrons. The molecule has 0 saturated heterocycles. The van der Waals surface area contributed by atoms with Crippen molar-refractivity contribution in [2.45, 2.75) is 20.4 Å². The van der Waals surface area contributed by atoms with Gasteiger partial charge < -0.3 is 9.84 Å². The van der Waals surface area contributed by atoms with Crippen LogP contribution in [0.1, 0.15) is 17.0 Å². The SMILES string of the molecule is Cc1cccc(NCc2cc(C)no2)c1. The van der Waals surface area contributed by atoms with Gasteiger partial charge in [-0.05, 0) is 31.5 Å². The molecule has 0 bridgehead atoms. The summed E-state index contributed by atoms with van der Waals surface area (Å²) >= 11 is 0. The molecule has 1 N–H and O–H groups in total. The van der Waals surface area contributed by atoms with Crippen LogP contribution in [0, 0.1) is 13.8 Å². The van der Waals surface area contributed by atoms with E-state index in [1.165, 1.54) is 5.56 Å². The van der Waals surface area contributed by atoms with Crippen LogP contribution in [0.25, 0.3) is 0 Å². The minimum atomic E-state index is 0.671. The lowest BCUT2D eigenvalue weighted by Gasteiger charge is -2.03. The number of nitrogens with one attached hydrogen (secondary N) is 1. The first-order valence-corrected chi connectivity index (χ1v) is 4.97. The number of aryl methyl sites for hydroxylation is 2. The standard InChI is InChI=1S/C12H14N2O/c1-9-4-3-5-11(6-9)13-8-12-7-10(2)14-15-12/h3-7,13H,8H2,1-2H3. The van der Waals surface area contributed by atoms with Gasteiger partial charge in [0.2, 0.25) is 0 Å². The number of hydrogen-bond acceptors (Lipinski definition) is 3. The average molecular weight is 202 g/mol. The number of benzene rings is 1. The van der Waals surface area contributed by atoms with E-state index < -0.39 is 0 Å². The molecule has 0 aliphatic rings. The highest BCUT2D eigenvalue weighted by atomic mass is 16.5. The molecule has 2 rings (SSSR count). The second-order valence-electron chi connectivity index (χ2n) is 3.66. The Morgan fingerprint density at radius 2 is 2.13 bits per heavy atom.